The van der Waals surface area contributed by atoms with Crippen molar-refractivity contribution in [1.29, 1.82) is 0 Å². The Hall–Kier alpha value is -2.50. The highest BCUT2D eigenvalue weighted by atomic mass is 16.1. The lowest BCUT2D eigenvalue weighted by Gasteiger charge is -2.14. The van der Waals surface area contributed by atoms with Crippen molar-refractivity contribution < 1.29 is 0 Å². The van der Waals surface area contributed by atoms with Gasteiger partial charge in [-0.2, -0.15) is 4.98 Å². The molecule has 6 nitrogen and oxygen atoms in total. The molecule has 3 rings (SSSR count). The zero-order valence-electron chi connectivity index (χ0n) is 11.8. The number of aryl methyl sites for hydroxylation is 1. The summed E-state index contributed by atoms with van der Waals surface area (Å²) in [5.41, 5.74) is 1.97. The van der Waals surface area contributed by atoms with Crippen molar-refractivity contribution in [3.05, 3.63) is 58.6 Å². The number of allylic oxidation sites excluding steroid dienone is 1. The molecule has 0 aromatic carbocycles. The van der Waals surface area contributed by atoms with Crippen LogP contribution in [0.2, 0.25) is 0 Å². The van der Waals surface area contributed by atoms with E-state index in [4.69, 9.17) is 0 Å². The van der Waals surface area contributed by atoms with Crippen molar-refractivity contribution in [2.45, 2.75) is 25.8 Å². The lowest BCUT2D eigenvalue weighted by atomic mass is 9.99. The molecule has 6 heteroatoms. The topological polar surface area (TPSA) is 83.6 Å². The van der Waals surface area contributed by atoms with E-state index in [1.807, 2.05) is 12.3 Å². The van der Waals surface area contributed by atoms with Crippen LogP contribution >= 0.6 is 0 Å². The van der Waals surface area contributed by atoms with Crippen LogP contribution in [0.15, 0.2) is 41.6 Å². The van der Waals surface area contributed by atoms with Gasteiger partial charge in [-0.15, -0.1) is 0 Å². The minimum absolute atomic E-state index is 0.171. The van der Waals surface area contributed by atoms with E-state index in [9.17, 15) is 4.79 Å². The molecule has 1 aliphatic carbocycles. The van der Waals surface area contributed by atoms with Crippen LogP contribution in [0, 0.1) is 12.8 Å². The first-order chi connectivity index (χ1) is 10.2. The summed E-state index contributed by atoms with van der Waals surface area (Å²) in [5.74, 6) is 0.906. The fourth-order valence-corrected chi connectivity index (χ4v) is 2.57. The zero-order chi connectivity index (χ0) is 14.7. The molecule has 0 bridgehead atoms. The van der Waals surface area contributed by atoms with E-state index in [-0.39, 0.29) is 6.04 Å². The minimum atomic E-state index is -0.393. The predicted molar refractivity (Wildman–Crippen MR) is 80.0 cm³/mol. The molecule has 108 valence electrons. The molecular weight excluding hydrogens is 266 g/mol. The monoisotopic (exact) mass is 283 g/mol. The number of aromatic nitrogens is 4. The summed E-state index contributed by atoms with van der Waals surface area (Å²) in [6, 6.07) is 4.21. The largest absolute Gasteiger partial charge is 0.349 e. The van der Waals surface area contributed by atoms with Crippen LogP contribution in [-0.4, -0.2) is 26.0 Å². The van der Waals surface area contributed by atoms with Crippen molar-refractivity contribution >= 4 is 5.95 Å². The number of pyridine rings is 1. The van der Waals surface area contributed by atoms with Crippen LogP contribution in [0.3, 0.4) is 0 Å². The van der Waals surface area contributed by atoms with Crippen LogP contribution in [0.25, 0.3) is 0 Å². The normalized spacial score (nSPS) is 20.6. The lowest BCUT2D eigenvalue weighted by molar-refractivity contribution is 0.592. The van der Waals surface area contributed by atoms with Gasteiger partial charge in [0.25, 0.3) is 0 Å². The fourth-order valence-electron chi connectivity index (χ4n) is 2.57. The van der Waals surface area contributed by atoms with Crippen LogP contribution in [0.5, 0.6) is 0 Å². The highest BCUT2D eigenvalue weighted by molar-refractivity contribution is 5.29. The van der Waals surface area contributed by atoms with Gasteiger partial charge in [0.05, 0.1) is 0 Å². The van der Waals surface area contributed by atoms with Gasteiger partial charge < -0.3 is 5.32 Å². The van der Waals surface area contributed by atoms with Crippen molar-refractivity contribution in [1.82, 2.24) is 19.9 Å². The number of anilines is 1. The van der Waals surface area contributed by atoms with Crippen LogP contribution in [0.1, 0.15) is 17.7 Å². The maximum Gasteiger partial charge on any atom is 0.349 e. The van der Waals surface area contributed by atoms with E-state index in [1.165, 1.54) is 11.9 Å². The number of hydrogen-bond donors (Lipinski definition) is 2. The molecule has 21 heavy (non-hydrogen) atoms. The fraction of sp³-hybridized carbons (Fsp3) is 0.333. The number of hydrogen-bond acceptors (Lipinski definition) is 5. The zero-order valence-corrected chi connectivity index (χ0v) is 11.8. The maximum atomic E-state index is 11.1. The third kappa shape index (κ3) is 3.34. The first-order valence-electron chi connectivity index (χ1n) is 6.97. The summed E-state index contributed by atoms with van der Waals surface area (Å²) in [6.07, 6.45) is 9.30. The van der Waals surface area contributed by atoms with Gasteiger partial charge in [-0.05, 0) is 37.3 Å². The molecular formula is C15H17N5O. The van der Waals surface area contributed by atoms with Crippen molar-refractivity contribution in [2.24, 2.45) is 5.92 Å². The van der Waals surface area contributed by atoms with Crippen molar-refractivity contribution in [2.75, 3.05) is 5.32 Å². The highest BCUT2D eigenvalue weighted by Crippen LogP contribution is 2.24. The van der Waals surface area contributed by atoms with Crippen molar-refractivity contribution in [3.8, 4) is 0 Å². The van der Waals surface area contributed by atoms with E-state index in [2.05, 4.69) is 50.4 Å². The highest BCUT2D eigenvalue weighted by Gasteiger charge is 2.20. The van der Waals surface area contributed by atoms with Gasteiger partial charge in [0.1, 0.15) is 6.33 Å². The number of aromatic amines is 1. The molecule has 0 saturated carbocycles. The van der Waals surface area contributed by atoms with Crippen molar-refractivity contribution in [3.63, 3.8) is 0 Å². The third-order valence-electron chi connectivity index (χ3n) is 3.65. The van der Waals surface area contributed by atoms with E-state index >= 15 is 0 Å². The van der Waals surface area contributed by atoms with Crippen LogP contribution in [0.4, 0.5) is 5.95 Å². The Kier molecular flexibility index (Phi) is 3.77. The minimum Gasteiger partial charge on any atom is -0.349 e. The molecule has 0 radical (unpaired) electrons. The molecule has 0 saturated heterocycles. The molecule has 1 aliphatic rings. The molecule has 2 aromatic heterocycles. The second kappa shape index (κ2) is 5.87. The molecule has 2 heterocycles. The average Bonchev–Trinajstić information content (AvgIpc) is 2.89. The predicted octanol–water partition coefficient (Wildman–Crippen LogP) is 1.47. The maximum absolute atomic E-state index is 11.1. The van der Waals surface area contributed by atoms with Gasteiger partial charge in [-0.25, -0.2) is 9.78 Å². The van der Waals surface area contributed by atoms with E-state index in [1.54, 1.807) is 0 Å². The van der Waals surface area contributed by atoms with Crippen LogP contribution in [-0.2, 0) is 6.42 Å². The third-order valence-corrected chi connectivity index (χ3v) is 3.65. The van der Waals surface area contributed by atoms with Crippen LogP contribution < -0.4 is 11.0 Å². The summed E-state index contributed by atoms with van der Waals surface area (Å²) < 4.78 is 0. The number of nitrogens with zero attached hydrogens (tertiary/aromatic N) is 3. The molecule has 2 N–H and O–H groups in total. The summed E-state index contributed by atoms with van der Waals surface area (Å²) >= 11 is 0. The molecule has 2 atom stereocenters. The van der Waals surface area contributed by atoms with Gasteiger partial charge in [0, 0.05) is 17.9 Å². The summed E-state index contributed by atoms with van der Waals surface area (Å²) in [5, 5.41) is 3.20. The molecule has 0 fully saturated rings. The number of nitrogens with one attached hydrogen (secondary N) is 2. The number of rotatable bonds is 4. The van der Waals surface area contributed by atoms with Gasteiger partial charge in [0.15, 0.2) is 0 Å². The van der Waals surface area contributed by atoms with E-state index in [0.717, 1.165) is 18.5 Å². The Bertz CT molecular complexity index is 709. The average molecular weight is 283 g/mol. The standard InChI is InChI=1S/C15H17N5O/c1-10-3-2-6-16-13(10)8-11-4-5-12(7-11)19-14-17-9-18-15(21)20-14/h2-6,9,11-12H,7-8H2,1H3,(H2,17,18,19,20,21). The van der Waals surface area contributed by atoms with E-state index < -0.39 is 5.69 Å². The first-order valence-corrected chi connectivity index (χ1v) is 6.97. The molecule has 2 unspecified atom stereocenters. The smallest absolute Gasteiger partial charge is 0.349 e. The molecule has 0 amide bonds. The summed E-state index contributed by atoms with van der Waals surface area (Å²) in [4.78, 5) is 25.7. The first kappa shape index (κ1) is 13.5. The summed E-state index contributed by atoms with van der Waals surface area (Å²) in [7, 11) is 0. The molecule has 0 aliphatic heterocycles. The molecule has 0 spiro atoms. The number of H-pyrrole nitrogens is 1. The summed E-state index contributed by atoms with van der Waals surface area (Å²) in [6.45, 7) is 2.09. The Morgan fingerprint density at radius 2 is 2.24 bits per heavy atom. The van der Waals surface area contributed by atoms with Gasteiger partial charge >= 0.3 is 5.69 Å². The second-order valence-electron chi connectivity index (χ2n) is 5.26. The SMILES string of the molecule is Cc1cccnc1CC1C=CC(Nc2ncnc(=O)[nH]2)C1. The van der Waals surface area contributed by atoms with E-state index in [0.29, 0.717) is 11.9 Å². The quantitative estimate of drug-likeness (QED) is 0.830. The second-order valence-corrected chi connectivity index (χ2v) is 5.26. The Morgan fingerprint density at radius 3 is 3.05 bits per heavy atom. The van der Waals surface area contributed by atoms with Gasteiger partial charge in [0.2, 0.25) is 5.95 Å². The Labute approximate surface area is 122 Å². The van der Waals surface area contributed by atoms with Gasteiger partial charge in [-0.3, -0.25) is 9.97 Å². The lowest BCUT2D eigenvalue weighted by Crippen LogP contribution is -2.21. The van der Waals surface area contributed by atoms with Gasteiger partial charge in [-0.1, -0.05) is 18.2 Å². The Morgan fingerprint density at radius 1 is 1.33 bits per heavy atom. The molecule has 2 aromatic rings. The Balaban J connectivity index is 1.60.